The molecule has 4 rings (SSSR count). The minimum Gasteiger partial charge on any atom is -0.493 e. The highest BCUT2D eigenvalue weighted by atomic mass is 19.1. The molecule has 0 unspecified atom stereocenters. The normalized spacial score (nSPS) is 13.1. The number of ether oxygens (including phenoxy) is 2. The third-order valence-corrected chi connectivity index (χ3v) is 6.00. The lowest BCUT2D eigenvalue weighted by atomic mass is 10.0. The number of carbonyl (C=O) groups is 1. The molecule has 194 valence electrons. The van der Waals surface area contributed by atoms with E-state index in [0.29, 0.717) is 33.8 Å². The molecule has 0 radical (unpaired) electrons. The van der Waals surface area contributed by atoms with Gasteiger partial charge < -0.3 is 20.2 Å². The second-order valence-electron chi connectivity index (χ2n) is 8.29. The first-order valence-corrected chi connectivity index (χ1v) is 11.4. The fourth-order valence-corrected chi connectivity index (χ4v) is 4.15. The lowest BCUT2D eigenvalue weighted by Gasteiger charge is -2.37. The first kappa shape index (κ1) is 26.1. The molecule has 2 amide bonds. The molecule has 1 aliphatic rings. The van der Waals surface area contributed by atoms with Crippen LogP contribution in [0.5, 0.6) is 11.5 Å². The number of methoxy groups -OCH3 is 2. The average molecular weight is 519 g/mol. The van der Waals surface area contributed by atoms with Crippen LogP contribution in [0.2, 0.25) is 0 Å². The van der Waals surface area contributed by atoms with Crippen LogP contribution in [0.15, 0.2) is 48.8 Å². The quantitative estimate of drug-likeness (QED) is 0.419. The molecule has 0 saturated carbocycles. The maximum Gasteiger partial charge on any atom is 0.334 e. The fourth-order valence-electron chi connectivity index (χ4n) is 4.15. The lowest BCUT2D eigenvalue weighted by molar-refractivity contribution is 0.251. The van der Waals surface area contributed by atoms with Gasteiger partial charge in [-0.05, 0) is 37.3 Å². The van der Waals surface area contributed by atoms with Crippen LogP contribution in [0.3, 0.4) is 0 Å². The Balaban J connectivity index is 1.96. The summed E-state index contributed by atoms with van der Waals surface area (Å²) in [6.45, 7) is 1.41. The van der Waals surface area contributed by atoms with E-state index in [2.05, 4.69) is 10.3 Å². The number of rotatable bonds is 7. The number of halogens is 2. The number of pyridine rings is 1. The Morgan fingerprint density at radius 1 is 1.16 bits per heavy atom. The van der Waals surface area contributed by atoms with Crippen molar-refractivity contribution in [3.05, 3.63) is 77.3 Å². The molecule has 9 nitrogen and oxygen atoms in total. The molecule has 1 aliphatic heterocycles. The Bertz CT molecular complexity index is 1470. The molecule has 0 fully saturated rings. The number of nitrogens with one attached hydrogen (secondary N) is 2. The molecule has 2 N–H and O–H groups in total. The fraction of sp³-hybridized carbons (Fsp3) is 0.185. The number of hydrogen-bond donors (Lipinski definition) is 2. The summed E-state index contributed by atoms with van der Waals surface area (Å²) < 4.78 is 41.0. The van der Waals surface area contributed by atoms with Gasteiger partial charge in [-0.2, -0.15) is 5.26 Å². The van der Waals surface area contributed by atoms with E-state index in [1.54, 1.807) is 38.4 Å². The molecule has 2 aromatic carbocycles. The maximum absolute atomic E-state index is 15.4. The number of allylic oxidation sites excluding steroid dienone is 1. The topological polar surface area (TPSA) is 115 Å². The minimum absolute atomic E-state index is 0.201. The second-order valence-corrected chi connectivity index (χ2v) is 8.29. The van der Waals surface area contributed by atoms with Crippen molar-refractivity contribution in [2.45, 2.75) is 13.5 Å². The predicted molar refractivity (Wildman–Crippen MR) is 139 cm³/mol. The van der Waals surface area contributed by atoms with Gasteiger partial charge in [0.15, 0.2) is 23.1 Å². The molecule has 0 aliphatic carbocycles. The van der Waals surface area contributed by atoms with Crippen LogP contribution >= 0.6 is 0 Å². The molecule has 3 aromatic rings. The molecular weight excluding hydrogens is 494 g/mol. The van der Waals surface area contributed by atoms with Gasteiger partial charge in [-0.25, -0.2) is 13.6 Å². The van der Waals surface area contributed by atoms with E-state index in [0.717, 1.165) is 11.0 Å². The Hall–Kier alpha value is -4.98. The van der Waals surface area contributed by atoms with Crippen LogP contribution in [-0.4, -0.2) is 38.0 Å². The average Bonchev–Trinajstić information content (AvgIpc) is 2.92. The van der Waals surface area contributed by atoms with Gasteiger partial charge in [0, 0.05) is 42.4 Å². The third kappa shape index (κ3) is 4.48. The summed E-state index contributed by atoms with van der Waals surface area (Å²) in [6, 6.07) is 10.2. The van der Waals surface area contributed by atoms with E-state index in [4.69, 9.17) is 14.9 Å². The van der Waals surface area contributed by atoms with Crippen molar-refractivity contribution >= 4 is 34.4 Å². The van der Waals surface area contributed by atoms with Gasteiger partial charge in [-0.15, -0.1) is 0 Å². The van der Waals surface area contributed by atoms with Gasteiger partial charge in [0.25, 0.3) is 0 Å². The highest BCUT2D eigenvalue weighted by molar-refractivity contribution is 6.21. The summed E-state index contributed by atoms with van der Waals surface area (Å²) in [4.78, 5) is 20.7. The Morgan fingerprint density at radius 2 is 1.79 bits per heavy atom. The van der Waals surface area contributed by atoms with Crippen LogP contribution in [0, 0.1) is 28.4 Å². The Labute approximate surface area is 218 Å². The molecular formula is C27H24F2N6O3. The number of nitriles is 1. The smallest absolute Gasteiger partial charge is 0.334 e. The van der Waals surface area contributed by atoms with Crippen LogP contribution in [0.25, 0.3) is 5.57 Å². The zero-order valence-corrected chi connectivity index (χ0v) is 21.1. The number of anilines is 3. The number of aromatic nitrogens is 1. The van der Waals surface area contributed by atoms with Gasteiger partial charge in [0.1, 0.15) is 5.69 Å². The van der Waals surface area contributed by atoms with Gasteiger partial charge in [-0.1, -0.05) is 0 Å². The van der Waals surface area contributed by atoms with Crippen molar-refractivity contribution < 1.29 is 23.0 Å². The summed E-state index contributed by atoms with van der Waals surface area (Å²) in [5.41, 5.74) is 2.17. The predicted octanol–water partition coefficient (Wildman–Crippen LogP) is 5.13. The second kappa shape index (κ2) is 10.6. The lowest BCUT2D eigenvalue weighted by Crippen LogP contribution is -2.46. The summed E-state index contributed by atoms with van der Waals surface area (Å²) in [7, 11) is 4.14. The molecule has 0 spiro atoms. The maximum atomic E-state index is 15.4. The van der Waals surface area contributed by atoms with Crippen LogP contribution < -0.4 is 24.6 Å². The zero-order chi connectivity index (χ0) is 27.6. The number of amides is 2. The Kier molecular flexibility index (Phi) is 7.25. The van der Waals surface area contributed by atoms with E-state index in [-0.39, 0.29) is 23.8 Å². The zero-order valence-electron chi connectivity index (χ0n) is 21.1. The molecule has 11 heteroatoms. The molecule has 38 heavy (non-hydrogen) atoms. The summed E-state index contributed by atoms with van der Waals surface area (Å²) >= 11 is 0. The number of carbonyl (C=O) groups excluding carboxylic acids is 1. The highest BCUT2D eigenvalue weighted by Crippen LogP contribution is 2.43. The number of nitrogens with zero attached hydrogens (tertiary/aromatic N) is 4. The van der Waals surface area contributed by atoms with Gasteiger partial charge >= 0.3 is 6.03 Å². The molecule has 1 aromatic heterocycles. The summed E-state index contributed by atoms with van der Waals surface area (Å²) in [6.07, 6.45) is 3.12. The minimum atomic E-state index is -1.06. The van der Waals surface area contributed by atoms with E-state index >= 15 is 8.78 Å². The monoisotopic (exact) mass is 518 g/mol. The van der Waals surface area contributed by atoms with Crippen LogP contribution in [0.4, 0.5) is 30.6 Å². The van der Waals surface area contributed by atoms with Crippen molar-refractivity contribution in [3.63, 3.8) is 0 Å². The van der Waals surface area contributed by atoms with E-state index < -0.39 is 23.4 Å². The van der Waals surface area contributed by atoms with Crippen molar-refractivity contribution in [3.8, 4) is 17.6 Å². The van der Waals surface area contributed by atoms with Crippen LogP contribution in [-0.2, 0) is 6.54 Å². The summed E-state index contributed by atoms with van der Waals surface area (Å²) in [5, 5.41) is 20.2. The number of fused-ring (bicyclic) bond motifs is 1. The molecule has 2 heterocycles. The Morgan fingerprint density at radius 3 is 2.32 bits per heavy atom. The number of urea groups is 1. The first-order chi connectivity index (χ1) is 18.2. The number of benzene rings is 2. The van der Waals surface area contributed by atoms with Gasteiger partial charge in [0.05, 0.1) is 49.5 Å². The standard InChI is InChI=1S/C27H24F2N6O3/c1-15(31)19(13-32-2)20-9-21-17(12-33-20)14-34(26-24(28)22(37-3)10-23(38-4)25(26)29)27(36)35(21)18-7-5-16(11-30)6-8-18/h5-10,12-13,31-32H,14H2,1-4H3/b19-13+,31-15?. The van der Waals surface area contributed by atoms with Crippen LogP contribution in [0.1, 0.15) is 23.7 Å². The summed E-state index contributed by atoms with van der Waals surface area (Å²) in [5.74, 6) is -2.71. The SMILES string of the molecule is CN/C=C(\C(C)=N)c1cc2c(cn1)CN(c1c(F)c(OC)cc(OC)c1F)C(=O)N2c1ccc(C#N)cc1. The van der Waals surface area contributed by atoms with Crippen molar-refractivity contribution in [2.75, 3.05) is 31.1 Å². The third-order valence-electron chi connectivity index (χ3n) is 6.00. The number of hydrogen-bond acceptors (Lipinski definition) is 7. The van der Waals surface area contributed by atoms with E-state index in [1.165, 1.54) is 37.4 Å². The van der Waals surface area contributed by atoms with Crippen molar-refractivity contribution in [2.24, 2.45) is 0 Å². The molecule has 0 bridgehead atoms. The van der Waals surface area contributed by atoms with Crippen molar-refractivity contribution in [1.29, 1.82) is 10.7 Å². The van der Waals surface area contributed by atoms with Gasteiger partial charge in [-0.3, -0.25) is 14.8 Å². The highest BCUT2D eigenvalue weighted by Gasteiger charge is 2.37. The molecule has 0 atom stereocenters. The van der Waals surface area contributed by atoms with E-state index in [1.807, 2.05) is 6.07 Å². The van der Waals surface area contributed by atoms with Crippen molar-refractivity contribution in [1.82, 2.24) is 10.3 Å². The first-order valence-electron chi connectivity index (χ1n) is 11.4. The largest absolute Gasteiger partial charge is 0.493 e. The molecule has 0 saturated heterocycles. The van der Waals surface area contributed by atoms with E-state index in [9.17, 15) is 10.1 Å². The van der Waals surface area contributed by atoms with Gasteiger partial charge in [0.2, 0.25) is 0 Å².